The molecule has 0 fully saturated rings. The normalized spacial score (nSPS) is 11.6. The summed E-state index contributed by atoms with van der Waals surface area (Å²) in [7, 11) is -0.611. The van der Waals surface area contributed by atoms with Gasteiger partial charge in [0.2, 0.25) is 10.0 Å². The lowest BCUT2D eigenvalue weighted by Gasteiger charge is -2.11. The molecular formula is C20H19ClN2O4S. The molecule has 146 valence electrons. The van der Waals surface area contributed by atoms with Gasteiger partial charge in [0.25, 0.3) is 5.91 Å². The lowest BCUT2D eigenvalue weighted by molar-refractivity contribution is 0.0948. The molecule has 0 saturated carbocycles. The number of benzene rings is 2. The smallest absolute Gasteiger partial charge is 0.251 e. The number of sulfonamides is 1. The number of rotatable bonds is 6. The van der Waals surface area contributed by atoms with Crippen LogP contribution in [-0.4, -0.2) is 32.7 Å². The number of carbonyl (C=O) groups is 1. The van der Waals surface area contributed by atoms with Crippen LogP contribution in [0.5, 0.6) is 0 Å². The van der Waals surface area contributed by atoms with Gasteiger partial charge in [0.15, 0.2) is 0 Å². The quantitative estimate of drug-likeness (QED) is 0.660. The molecule has 0 unspecified atom stereocenters. The monoisotopic (exact) mass is 418 g/mol. The molecule has 1 heterocycles. The molecule has 0 bridgehead atoms. The summed E-state index contributed by atoms with van der Waals surface area (Å²) >= 11 is 5.88. The molecule has 0 radical (unpaired) electrons. The van der Waals surface area contributed by atoms with Gasteiger partial charge in [-0.15, -0.1) is 0 Å². The summed E-state index contributed by atoms with van der Waals surface area (Å²) in [6.45, 7) is 0.212. The number of hydrogen-bond acceptors (Lipinski definition) is 4. The zero-order valence-corrected chi connectivity index (χ0v) is 16.9. The van der Waals surface area contributed by atoms with Gasteiger partial charge in [-0.05, 0) is 60.7 Å². The third kappa shape index (κ3) is 4.44. The molecular weight excluding hydrogens is 400 g/mol. The van der Waals surface area contributed by atoms with Crippen LogP contribution in [0.2, 0.25) is 5.02 Å². The fraction of sp³-hybridized carbons (Fsp3) is 0.150. The minimum Gasteiger partial charge on any atom is -0.459 e. The van der Waals surface area contributed by atoms with Crippen LogP contribution in [-0.2, 0) is 16.6 Å². The number of nitrogens with zero attached hydrogens (tertiary/aromatic N) is 1. The standard InChI is InChI=1S/C20H19ClN2O4S/c1-23(2)28(25,26)18-10-5-15(6-11-18)20(24)22-13-17-9-12-19(27-17)14-3-7-16(21)8-4-14/h3-12H,13H2,1-2H3,(H,22,24). The number of hydrogen-bond donors (Lipinski definition) is 1. The van der Waals surface area contributed by atoms with Gasteiger partial charge >= 0.3 is 0 Å². The van der Waals surface area contributed by atoms with E-state index in [9.17, 15) is 13.2 Å². The fourth-order valence-electron chi connectivity index (χ4n) is 2.50. The van der Waals surface area contributed by atoms with E-state index in [1.165, 1.54) is 38.4 Å². The molecule has 3 aromatic rings. The van der Waals surface area contributed by atoms with Gasteiger partial charge in [0.1, 0.15) is 11.5 Å². The first-order valence-electron chi connectivity index (χ1n) is 8.43. The Morgan fingerprint density at radius 3 is 2.25 bits per heavy atom. The highest BCUT2D eigenvalue weighted by molar-refractivity contribution is 7.89. The van der Waals surface area contributed by atoms with Crippen molar-refractivity contribution in [2.24, 2.45) is 0 Å². The minimum atomic E-state index is -3.52. The Morgan fingerprint density at radius 1 is 1.00 bits per heavy atom. The van der Waals surface area contributed by atoms with E-state index in [4.69, 9.17) is 16.0 Å². The summed E-state index contributed by atoms with van der Waals surface area (Å²) in [6.07, 6.45) is 0. The minimum absolute atomic E-state index is 0.132. The summed E-state index contributed by atoms with van der Waals surface area (Å²) in [6, 6.07) is 16.7. The zero-order chi connectivity index (χ0) is 20.3. The van der Waals surface area contributed by atoms with Crippen molar-refractivity contribution in [3.8, 4) is 11.3 Å². The van der Waals surface area contributed by atoms with Crippen LogP contribution >= 0.6 is 11.6 Å². The molecule has 1 aromatic heterocycles. The first-order chi connectivity index (χ1) is 13.3. The summed E-state index contributed by atoms with van der Waals surface area (Å²) in [5, 5.41) is 3.40. The number of furan rings is 1. The first kappa shape index (κ1) is 20.1. The molecule has 3 rings (SSSR count). The third-order valence-electron chi connectivity index (χ3n) is 4.11. The second-order valence-electron chi connectivity index (χ2n) is 6.27. The van der Waals surface area contributed by atoms with Crippen molar-refractivity contribution in [1.82, 2.24) is 9.62 Å². The van der Waals surface area contributed by atoms with E-state index in [1.54, 1.807) is 18.2 Å². The average Bonchev–Trinajstić information content (AvgIpc) is 3.15. The second-order valence-corrected chi connectivity index (χ2v) is 8.86. The van der Waals surface area contributed by atoms with Gasteiger partial charge in [0.05, 0.1) is 11.4 Å². The Balaban J connectivity index is 1.64. The molecule has 0 spiro atoms. The molecule has 1 amide bonds. The molecule has 0 aliphatic heterocycles. The van der Waals surface area contributed by atoms with E-state index in [2.05, 4.69) is 5.32 Å². The first-order valence-corrected chi connectivity index (χ1v) is 10.2. The van der Waals surface area contributed by atoms with Crippen LogP contribution in [0, 0.1) is 0 Å². The zero-order valence-electron chi connectivity index (χ0n) is 15.3. The predicted molar refractivity (Wildman–Crippen MR) is 108 cm³/mol. The molecule has 0 aliphatic rings. The molecule has 2 aromatic carbocycles. The lowest BCUT2D eigenvalue weighted by atomic mass is 10.2. The van der Waals surface area contributed by atoms with E-state index in [1.807, 2.05) is 18.2 Å². The Bertz CT molecular complexity index is 1070. The highest BCUT2D eigenvalue weighted by Gasteiger charge is 2.17. The van der Waals surface area contributed by atoms with Crippen molar-refractivity contribution in [3.63, 3.8) is 0 Å². The largest absolute Gasteiger partial charge is 0.459 e. The summed E-state index contributed by atoms with van der Waals surface area (Å²) in [5.74, 6) is 0.961. The van der Waals surface area contributed by atoms with Crippen LogP contribution in [0.4, 0.5) is 0 Å². The van der Waals surface area contributed by atoms with Crippen molar-refractivity contribution in [1.29, 1.82) is 0 Å². The predicted octanol–water partition coefficient (Wildman–Crippen LogP) is 3.78. The Morgan fingerprint density at radius 2 is 1.64 bits per heavy atom. The van der Waals surface area contributed by atoms with E-state index in [0.29, 0.717) is 22.1 Å². The number of carbonyl (C=O) groups excluding carboxylic acids is 1. The fourth-order valence-corrected chi connectivity index (χ4v) is 3.53. The number of amides is 1. The van der Waals surface area contributed by atoms with Crippen molar-refractivity contribution < 1.29 is 17.6 Å². The maximum Gasteiger partial charge on any atom is 0.251 e. The molecule has 28 heavy (non-hydrogen) atoms. The Labute approximate surface area is 168 Å². The molecule has 6 nitrogen and oxygen atoms in total. The second kappa shape index (κ2) is 8.18. The topological polar surface area (TPSA) is 79.6 Å². The van der Waals surface area contributed by atoms with Gasteiger partial charge in [-0.1, -0.05) is 11.6 Å². The van der Waals surface area contributed by atoms with Crippen molar-refractivity contribution in [2.45, 2.75) is 11.4 Å². The Kier molecular flexibility index (Phi) is 5.88. The van der Waals surface area contributed by atoms with E-state index in [0.717, 1.165) is 9.87 Å². The molecule has 8 heteroatoms. The van der Waals surface area contributed by atoms with Gasteiger partial charge < -0.3 is 9.73 Å². The lowest BCUT2D eigenvalue weighted by Crippen LogP contribution is -2.24. The van der Waals surface area contributed by atoms with E-state index >= 15 is 0 Å². The molecule has 0 saturated heterocycles. The molecule has 0 aliphatic carbocycles. The Hall–Kier alpha value is -2.61. The number of halogens is 1. The summed E-state index contributed by atoms with van der Waals surface area (Å²) in [5.41, 5.74) is 1.25. The van der Waals surface area contributed by atoms with Gasteiger partial charge in [-0.3, -0.25) is 4.79 Å². The van der Waals surface area contributed by atoms with Crippen molar-refractivity contribution >= 4 is 27.5 Å². The SMILES string of the molecule is CN(C)S(=O)(=O)c1ccc(C(=O)NCc2ccc(-c3ccc(Cl)cc3)o2)cc1. The van der Waals surface area contributed by atoms with Crippen LogP contribution < -0.4 is 5.32 Å². The molecule has 0 atom stereocenters. The van der Waals surface area contributed by atoms with E-state index in [-0.39, 0.29) is 17.3 Å². The van der Waals surface area contributed by atoms with Gasteiger partial charge in [-0.25, -0.2) is 12.7 Å². The maximum absolute atomic E-state index is 12.3. The van der Waals surface area contributed by atoms with Crippen LogP contribution in [0.3, 0.4) is 0 Å². The third-order valence-corrected chi connectivity index (χ3v) is 6.19. The van der Waals surface area contributed by atoms with Crippen LogP contribution in [0.1, 0.15) is 16.1 Å². The molecule has 1 N–H and O–H groups in total. The van der Waals surface area contributed by atoms with Gasteiger partial charge in [-0.2, -0.15) is 0 Å². The van der Waals surface area contributed by atoms with Gasteiger partial charge in [0, 0.05) is 30.2 Å². The van der Waals surface area contributed by atoms with Crippen molar-refractivity contribution in [2.75, 3.05) is 14.1 Å². The summed E-state index contributed by atoms with van der Waals surface area (Å²) < 4.78 is 31.0. The number of nitrogens with one attached hydrogen (secondary N) is 1. The average molecular weight is 419 g/mol. The highest BCUT2D eigenvalue weighted by Crippen LogP contribution is 2.23. The van der Waals surface area contributed by atoms with E-state index < -0.39 is 10.0 Å². The summed E-state index contributed by atoms with van der Waals surface area (Å²) in [4.78, 5) is 12.4. The highest BCUT2D eigenvalue weighted by atomic mass is 35.5. The maximum atomic E-state index is 12.3. The van der Waals surface area contributed by atoms with Crippen LogP contribution in [0.25, 0.3) is 11.3 Å². The van der Waals surface area contributed by atoms with Crippen molar-refractivity contribution in [3.05, 3.63) is 77.0 Å². The van der Waals surface area contributed by atoms with Crippen LogP contribution in [0.15, 0.2) is 70.0 Å².